The lowest BCUT2D eigenvalue weighted by molar-refractivity contribution is 0.0453. The van der Waals surface area contributed by atoms with E-state index in [2.05, 4.69) is 25.9 Å². The maximum Gasteiger partial charge on any atom is 0.358 e. The standard InChI is InChI=1S/C12H21N3O2/c1-8-9(13)10(15(5)14-8)11(16)17-7-6-12(2,3)4/h6-7,13H2,1-5H3. The van der Waals surface area contributed by atoms with Crippen molar-refractivity contribution in [3.63, 3.8) is 0 Å². The molecule has 0 saturated heterocycles. The number of ether oxygens (including phenoxy) is 1. The van der Waals surface area contributed by atoms with Gasteiger partial charge in [-0.2, -0.15) is 5.10 Å². The van der Waals surface area contributed by atoms with Crippen LogP contribution in [0.3, 0.4) is 0 Å². The summed E-state index contributed by atoms with van der Waals surface area (Å²) in [6, 6.07) is 0. The van der Waals surface area contributed by atoms with E-state index in [1.54, 1.807) is 14.0 Å². The Morgan fingerprint density at radius 2 is 2.06 bits per heavy atom. The van der Waals surface area contributed by atoms with Crippen LogP contribution in [-0.2, 0) is 11.8 Å². The molecule has 0 bridgehead atoms. The van der Waals surface area contributed by atoms with Gasteiger partial charge in [0.2, 0.25) is 0 Å². The number of aryl methyl sites for hydroxylation is 2. The number of hydrogen-bond donors (Lipinski definition) is 1. The molecule has 0 unspecified atom stereocenters. The van der Waals surface area contributed by atoms with Crippen LogP contribution in [0.1, 0.15) is 43.4 Å². The van der Waals surface area contributed by atoms with Crippen LogP contribution in [0.2, 0.25) is 0 Å². The average molecular weight is 239 g/mol. The lowest BCUT2D eigenvalue weighted by Crippen LogP contribution is -2.16. The number of anilines is 1. The first-order valence-electron chi connectivity index (χ1n) is 5.68. The van der Waals surface area contributed by atoms with Gasteiger partial charge in [0.1, 0.15) is 0 Å². The molecule has 1 aromatic rings. The molecule has 1 rings (SSSR count). The number of aromatic nitrogens is 2. The van der Waals surface area contributed by atoms with Gasteiger partial charge in [-0.25, -0.2) is 4.79 Å². The van der Waals surface area contributed by atoms with Crippen molar-refractivity contribution in [3.05, 3.63) is 11.4 Å². The molecule has 2 N–H and O–H groups in total. The van der Waals surface area contributed by atoms with Crippen molar-refractivity contribution in [2.24, 2.45) is 12.5 Å². The van der Waals surface area contributed by atoms with Crippen LogP contribution in [0.25, 0.3) is 0 Å². The number of carbonyl (C=O) groups is 1. The van der Waals surface area contributed by atoms with E-state index in [4.69, 9.17) is 10.5 Å². The van der Waals surface area contributed by atoms with E-state index in [1.807, 2.05) is 0 Å². The molecule has 0 amide bonds. The predicted molar refractivity (Wildman–Crippen MR) is 66.7 cm³/mol. The van der Waals surface area contributed by atoms with E-state index in [-0.39, 0.29) is 5.41 Å². The zero-order chi connectivity index (χ0) is 13.2. The molecule has 0 atom stereocenters. The number of carbonyl (C=O) groups excluding carboxylic acids is 1. The average Bonchev–Trinajstić information content (AvgIpc) is 2.38. The fraction of sp³-hybridized carbons (Fsp3) is 0.667. The third-order valence-electron chi connectivity index (χ3n) is 2.55. The summed E-state index contributed by atoms with van der Waals surface area (Å²) in [6.45, 7) is 8.46. The van der Waals surface area contributed by atoms with Crippen LogP contribution in [-0.4, -0.2) is 22.4 Å². The van der Waals surface area contributed by atoms with Crippen LogP contribution >= 0.6 is 0 Å². The molecule has 17 heavy (non-hydrogen) atoms. The Kier molecular flexibility index (Phi) is 3.80. The summed E-state index contributed by atoms with van der Waals surface area (Å²) >= 11 is 0. The molecule has 0 radical (unpaired) electrons. The Balaban J connectivity index is 2.65. The summed E-state index contributed by atoms with van der Waals surface area (Å²) in [5.74, 6) is -0.408. The minimum Gasteiger partial charge on any atom is -0.461 e. The van der Waals surface area contributed by atoms with Gasteiger partial charge in [-0.3, -0.25) is 4.68 Å². The normalized spacial score (nSPS) is 11.6. The van der Waals surface area contributed by atoms with E-state index in [9.17, 15) is 4.79 Å². The molecule has 96 valence electrons. The first kappa shape index (κ1) is 13.5. The highest BCUT2D eigenvalue weighted by atomic mass is 16.5. The van der Waals surface area contributed by atoms with E-state index in [0.717, 1.165) is 6.42 Å². The highest BCUT2D eigenvalue weighted by Crippen LogP contribution is 2.20. The van der Waals surface area contributed by atoms with Crippen molar-refractivity contribution >= 4 is 11.7 Å². The second-order valence-corrected chi connectivity index (χ2v) is 5.42. The third kappa shape index (κ3) is 3.47. The van der Waals surface area contributed by atoms with Gasteiger partial charge in [-0.05, 0) is 18.8 Å². The Morgan fingerprint density at radius 1 is 1.47 bits per heavy atom. The van der Waals surface area contributed by atoms with E-state index in [0.29, 0.717) is 23.7 Å². The highest BCUT2D eigenvalue weighted by molar-refractivity contribution is 5.93. The zero-order valence-corrected chi connectivity index (χ0v) is 11.2. The summed E-state index contributed by atoms with van der Waals surface area (Å²) in [5.41, 5.74) is 7.30. The third-order valence-corrected chi connectivity index (χ3v) is 2.55. The molecule has 0 fully saturated rings. The van der Waals surface area contributed by atoms with Gasteiger partial charge >= 0.3 is 5.97 Å². The van der Waals surface area contributed by atoms with Gasteiger partial charge in [-0.1, -0.05) is 20.8 Å². The maximum absolute atomic E-state index is 11.8. The molecule has 5 heteroatoms. The molecular formula is C12H21N3O2. The van der Waals surface area contributed by atoms with Gasteiger partial charge in [0, 0.05) is 7.05 Å². The summed E-state index contributed by atoms with van der Waals surface area (Å²) in [4.78, 5) is 11.8. The zero-order valence-electron chi connectivity index (χ0n) is 11.2. The number of nitrogen functional groups attached to an aromatic ring is 1. The number of rotatable bonds is 3. The second kappa shape index (κ2) is 4.77. The van der Waals surface area contributed by atoms with Crippen LogP contribution in [0.4, 0.5) is 5.69 Å². The smallest absolute Gasteiger partial charge is 0.358 e. The summed E-state index contributed by atoms with van der Waals surface area (Å²) in [7, 11) is 1.68. The Morgan fingerprint density at radius 3 is 2.47 bits per heavy atom. The van der Waals surface area contributed by atoms with Crippen molar-refractivity contribution in [3.8, 4) is 0 Å². The number of nitrogens with zero attached hydrogens (tertiary/aromatic N) is 2. The van der Waals surface area contributed by atoms with Crippen molar-refractivity contribution in [2.45, 2.75) is 34.1 Å². The van der Waals surface area contributed by atoms with Crippen LogP contribution in [0, 0.1) is 12.3 Å². The van der Waals surface area contributed by atoms with Gasteiger partial charge < -0.3 is 10.5 Å². The van der Waals surface area contributed by atoms with E-state index >= 15 is 0 Å². The Labute approximate surface area is 102 Å². The lowest BCUT2D eigenvalue weighted by atomic mass is 9.93. The summed E-state index contributed by atoms with van der Waals surface area (Å²) in [5, 5.41) is 4.08. The second-order valence-electron chi connectivity index (χ2n) is 5.42. The largest absolute Gasteiger partial charge is 0.461 e. The molecule has 0 saturated carbocycles. The van der Waals surface area contributed by atoms with Gasteiger partial charge in [0.05, 0.1) is 18.0 Å². The molecule has 0 aliphatic rings. The monoisotopic (exact) mass is 239 g/mol. The summed E-state index contributed by atoms with van der Waals surface area (Å²) in [6.07, 6.45) is 0.815. The van der Waals surface area contributed by atoms with Crippen molar-refractivity contribution in [2.75, 3.05) is 12.3 Å². The molecule has 0 aromatic carbocycles. The van der Waals surface area contributed by atoms with Crippen LogP contribution < -0.4 is 5.73 Å². The predicted octanol–water partition coefficient (Wildman–Crippen LogP) is 1.90. The van der Waals surface area contributed by atoms with E-state index < -0.39 is 5.97 Å². The maximum atomic E-state index is 11.8. The minimum absolute atomic E-state index is 0.147. The fourth-order valence-electron chi connectivity index (χ4n) is 1.43. The fourth-order valence-corrected chi connectivity index (χ4v) is 1.43. The molecule has 0 spiro atoms. The van der Waals surface area contributed by atoms with E-state index in [1.165, 1.54) is 4.68 Å². The molecule has 0 aliphatic carbocycles. The molecular weight excluding hydrogens is 218 g/mol. The molecule has 1 aromatic heterocycles. The Hall–Kier alpha value is -1.52. The van der Waals surface area contributed by atoms with Crippen molar-refractivity contribution in [1.82, 2.24) is 9.78 Å². The molecule has 5 nitrogen and oxygen atoms in total. The van der Waals surface area contributed by atoms with Gasteiger partial charge in [0.25, 0.3) is 0 Å². The quantitative estimate of drug-likeness (QED) is 0.818. The van der Waals surface area contributed by atoms with Gasteiger partial charge in [-0.15, -0.1) is 0 Å². The SMILES string of the molecule is Cc1nn(C)c(C(=O)OCCC(C)(C)C)c1N. The topological polar surface area (TPSA) is 70.1 Å². The first-order chi connectivity index (χ1) is 7.72. The number of nitrogens with two attached hydrogens (primary N) is 1. The highest BCUT2D eigenvalue weighted by Gasteiger charge is 2.20. The molecule has 0 aliphatic heterocycles. The van der Waals surface area contributed by atoms with Crippen molar-refractivity contribution in [1.29, 1.82) is 0 Å². The minimum atomic E-state index is -0.408. The van der Waals surface area contributed by atoms with Crippen LogP contribution in [0.5, 0.6) is 0 Å². The lowest BCUT2D eigenvalue weighted by Gasteiger charge is -2.17. The number of esters is 1. The van der Waals surface area contributed by atoms with Gasteiger partial charge in [0.15, 0.2) is 5.69 Å². The van der Waals surface area contributed by atoms with Crippen molar-refractivity contribution < 1.29 is 9.53 Å². The Bertz CT molecular complexity index is 416. The first-order valence-corrected chi connectivity index (χ1v) is 5.68. The van der Waals surface area contributed by atoms with Crippen LogP contribution in [0.15, 0.2) is 0 Å². The summed E-state index contributed by atoms with van der Waals surface area (Å²) < 4.78 is 6.66. The molecule has 1 heterocycles. The number of hydrogen-bond acceptors (Lipinski definition) is 4.